The Bertz CT molecular complexity index is 1170. The van der Waals surface area contributed by atoms with Gasteiger partial charge in [-0.3, -0.25) is 0 Å². The number of halogens is 1. The van der Waals surface area contributed by atoms with E-state index in [4.69, 9.17) is 4.74 Å². The van der Waals surface area contributed by atoms with Gasteiger partial charge in [0.05, 0.1) is 12.0 Å². The molecule has 3 aromatic carbocycles. The fourth-order valence-electron chi connectivity index (χ4n) is 4.19. The Kier molecular flexibility index (Phi) is 7.96. The molecule has 2 N–H and O–H groups in total. The van der Waals surface area contributed by atoms with Gasteiger partial charge in [-0.25, -0.2) is 13.1 Å². The number of benzene rings is 3. The van der Waals surface area contributed by atoms with Crippen LogP contribution in [0.1, 0.15) is 31.4 Å². The molecule has 0 saturated carbocycles. The average molecular weight is 473 g/mol. The largest absolute Gasteiger partial charge is 0.497 e. The molecule has 3 atom stereocenters. The number of hydrogen-bond donors (Lipinski definition) is 2. The minimum absolute atomic E-state index is 0. The number of methoxy groups -OCH3 is 1. The van der Waals surface area contributed by atoms with Crippen molar-refractivity contribution in [2.45, 2.75) is 42.8 Å². The quantitative estimate of drug-likeness (QED) is 0.475. The summed E-state index contributed by atoms with van der Waals surface area (Å²) in [7, 11) is -2.07. The SMILES string of the molecule is COc1ccc(S(=O)(=O)NC2CC=CC[C@@H]2NC(C)c2cccc3ccccc23)cc1.Cl. The number of sulfonamides is 1. The standard InChI is InChI=1S/C25H28N2O3S.ClH/c1-18(22-11-7-9-19-8-3-4-10-23(19)22)26-24-12-5-6-13-25(24)27-31(28,29)21-16-14-20(30-2)15-17-21;/h3-11,14-18,24-27H,12-13H2,1-2H3;1H/t18?,24-,25?;/m0./s1. The molecule has 0 radical (unpaired) electrons. The molecule has 0 amide bonds. The fourth-order valence-corrected chi connectivity index (χ4v) is 5.48. The molecular formula is C25H29ClN2O3S. The molecule has 0 fully saturated rings. The van der Waals surface area contributed by atoms with E-state index >= 15 is 0 Å². The summed E-state index contributed by atoms with van der Waals surface area (Å²) >= 11 is 0. The lowest BCUT2D eigenvalue weighted by Gasteiger charge is -2.32. The molecular weight excluding hydrogens is 444 g/mol. The van der Waals surface area contributed by atoms with E-state index in [2.05, 4.69) is 53.4 Å². The van der Waals surface area contributed by atoms with Crippen LogP contribution in [0.2, 0.25) is 0 Å². The zero-order valence-corrected chi connectivity index (χ0v) is 19.8. The molecule has 170 valence electrons. The van der Waals surface area contributed by atoms with Gasteiger partial charge in [0, 0.05) is 18.1 Å². The average Bonchev–Trinajstić information content (AvgIpc) is 2.80. The molecule has 0 saturated heterocycles. The highest BCUT2D eigenvalue weighted by Crippen LogP contribution is 2.26. The predicted molar refractivity (Wildman–Crippen MR) is 132 cm³/mol. The maximum Gasteiger partial charge on any atom is 0.240 e. The number of ether oxygens (including phenoxy) is 1. The summed E-state index contributed by atoms with van der Waals surface area (Å²) < 4.78 is 34.0. The second kappa shape index (κ2) is 10.5. The molecule has 0 aliphatic heterocycles. The van der Waals surface area contributed by atoms with Gasteiger partial charge in [-0.1, -0.05) is 54.6 Å². The first-order valence-corrected chi connectivity index (χ1v) is 12.0. The Morgan fingerprint density at radius 3 is 2.28 bits per heavy atom. The monoisotopic (exact) mass is 472 g/mol. The van der Waals surface area contributed by atoms with E-state index in [0.717, 1.165) is 6.42 Å². The lowest BCUT2D eigenvalue weighted by atomic mass is 9.94. The number of nitrogens with one attached hydrogen (secondary N) is 2. The first-order chi connectivity index (χ1) is 15.0. The second-order valence-electron chi connectivity index (χ2n) is 7.91. The highest BCUT2D eigenvalue weighted by molar-refractivity contribution is 7.89. The Hall–Kier alpha value is -2.38. The summed E-state index contributed by atoms with van der Waals surface area (Å²) in [6.07, 6.45) is 5.58. The molecule has 1 aliphatic carbocycles. The zero-order valence-electron chi connectivity index (χ0n) is 18.2. The van der Waals surface area contributed by atoms with Crippen molar-refractivity contribution >= 4 is 33.2 Å². The predicted octanol–water partition coefficient (Wildman–Crippen LogP) is 4.99. The summed E-state index contributed by atoms with van der Waals surface area (Å²) in [6.45, 7) is 2.13. The number of hydrogen-bond acceptors (Lipinski definition) is 4. The third kappa shape index (κ3) is 5.33. The molecule has 2 unspecified atom stereocenters. The first kappa shape index (κ1) is 24.3. The molecule has 0 bridgehead atoms. The summed E-state index contributed by atoms with van der Waals surface area (Å²) in [5.74, 6) is 0.628. The van der Waals surface area contributed by atoms with Crippen LogP contribution < -0.4 is 14.8 Å². The molecule has 0 aromatic heterocycles. The molecule has 0 heterocycles. The third-order valence-corrected chi connectivity index (χ3v) is 7.37. The second-order valence-corrected chi connectivity index (χ2v) is 9.62. The van der Waals surface area contributed by atoms with Gasteiger partial charge in [0.2, 0.25) is 10.0 Å². The van der Waals surface area contributed by atoms with Crippen molar-refractivity contribution in [1.29, 1.82) is 0 Å². The van der Waals surface area contributed by atoms with Crippen molar-refractivity contribution in [3.05, 3.63) is 84.4 Å². The highest BCUT2D eigenvalue weighted by Gasteiger charge is 2.29. The van der Waals surface area contributed by atoms with Crippen molar-refractivity contribution in [3.8, 4) is 5.75 Å². The molecule has 1 aliphatic rings. The topological polar surface area (TPSA) is 67.4 Å². The maximum absolute atomic E-state index is 13.0. The van der Waals surface area contributed by atoms with Crippen molar-refractivity contribution in [2.75, 3.05) is 7.11 Å². The normalized spacial score (nSPS) is 19.3. The Morgan fingerprint density at radius 2 is 1.56 bits per heavy atom. The minimum atomic E-state index is -3.63. The first-order valence-electron chi connectivity index (χ1n) is 10.5. The zero-order chi connectivity index (χ0) is 21.8. The van der Waals surface area contributed by atoms with Crippen molar-refractivity contribution in [2.24, 2.45) is 0 Å². The fraction of sp³-hybridized carbons (Fsp3) is 0.280. The smallest absolute Gasteiger partial charge is 0.240 e. The van der Waals surface area contributed by atoms with Crippen molar-refractivity contribution < 1.29 is 13.2 Å². The van der Waals surface area contributed by atoms with E-state index in [1.165, 1.54) is 16.3 Å². The van der Waals surface area contributed by atoms with E-state index in [9.17, 15) is 8.42 Å². The van der Waals surface area contributed by atoms with Crippen LogP contribution in [0, 0.1) is 0 Å². The van der Waals surface area contributed by atoms with E-state index in [1.54, 1.807) is 31.4 Å². The molecule has 7 heteroatoms. The molecule has 3 aromatic rings. The molecule has 5 nitrogen and oxygen atoms in total. The van der Waals surface area contributed by atoms with Crippen LogP contribution >= 0.6 is 12.4 Å². The molecule has 0 spiro atoms. The van der Waals surface area contributed by atoms with Gasteiger partial charge in [-0.05, 0) is 60.4 Å². The summed E-state index contributed by atoms with van der Waals surface area (Å²) in [6, 6.07) is 21.0. The van der Waals surface area contributed by atoms with Gasteiger partial charge in [0.15, 0.2) is 0 Å². The van der Waals surface area contributed by atoms with E-state index in [-0.39, 0.29) is 35.4 Å². The third-order valence-electron chi connectivity index (χ3n) is 5.86. The summed E-state index contributed by atoms with van der Waals surface area (Å²) in [5.41, 5.74) is 1.21. The van der Waals surface area contributed by atoms with Gasteiger partial charge >= 0.3 is 0 Å². The minimum Gasteiger partial charge on any atom is -0.497 e. The van der Waals surface area contributed by atoms with Crippen LogP contribution in [0.5, 0.6) is 5.75 Å². The van der Waals surface area contributed by atoms with Crippen LogP contribution in [0.4, 0.5) is 0 Å². The Morgan fingerprint density at radius 1 is 0.906 bits per heavy atom. The van der Waals surface area contributed by atoms with Gasteiger partial charge in [0.25, 0.3) is 0 Å². The number of rotatable bonds is 7. The van der Waals surface area contributed by atoms with Crippen molar-refractivity contribution in [3.63, 3.8) is 0 Å². The van der Waals surface area contributed by atoms with Gasteiger partial charge in [-0.15, -0.1) is 12.4 Å². The van der Waals surface area contributed by atoms with Gasteiger partial charge in [-0.2, -0.15) is 0 Å². The Balaban J connectivity index is 0.00000289. The highest BCUT2D eigenvalue weighted by atomic mass is 35.5. The van der Waals surface area contributed by atoms with Crippen LogP contribution in [-0.4, -0.2) is 27.6 Å². The summed E-state index contributed by atoms with van der Waals surface area (Å²) in [4.78, 5) is 0.240. The maximum atomic E-state index is 13.0. The Labute approximate surface area is 196 Å². The lowest BCUT2D eigenvalue weighted by Crippen LogP contribution is -2.51. The van der Waals surface area contributed by atoms with Crippen LogP contribution in [0.25, 0.3) is 10.8 Å². The van der Waals surface area contributed by atoms with E-state index in [0.29, 0.717) is 12.2 Å². The van der Waals surface area contributed by atoms with Crippen LogP contribution in [0.3, 0.4) is 0 Å². The van der Waals surface area contributed by atoms with E-state index in [1.807, 2.05) is 18.2 Å². The lowest BCUT2D eigenvalue weighted by molar-refractivity contribution is 0.364. The van der Waals surface area contributed by atoms with Crippen molar-refractivity contribution in [1.82, 2.24) is 10.0 Å². The number of fused-ring (bicyclic) bond motifs is 1. The van der Waals surface area contributed by atoms with Crippen LogP contribution in [-0.2, 0) is 10.0 Å². The summed E-state index contributed by atoms with van der Waals surface area (Å²) in [5, 5.41) is 6.09. The van der Waals surface area contributed by atoms with Gasteiger partial charge in [0.1, 0.15) is 5.75 Å². The van der Waals surface area contributed by atoms with E-state index < -0.39 is 10.0 Å². The van der Waals surface area contributed by atoms with Crippen LogP contribution in [0.15, 0.2) is 83.8 Å². The van der Waals surface area contributed by atoms with Gasteiger partial charge < -0.3 is 10.1 Å². The molecule has 4 rings (SSSR count). The molecule has 32 heavy (non-hydrogen) atoms.